The predicted molar refractivity (Wildman–Crippen MR) is 127 cm³/mol. The van der Waals surface area contributed by atoms with Gasteiger partial charge in [-0.05, 0) is 43.3 Å². The van der Waals surface area contributed by atoms with E-state index in [0.29, 0.717) is 23.5 Å². The van der Waals surface area contributed by atoms with Gasteiger partial charge in [0.05, 0.1) is 36.9 Å². The zero-order valence-corrected chi connectivity index (χ0v) is 19.7. The summed E-state index contributed by atoms with van der Waals surface area (Å²) >= 11 is 7.34. The van der Waals surface area contributed by atoms with Crippen molar-refractivity contribution < 1.29 is 33.7 Å². The molecule has 0 spiro atoms. The van der Waals surface area contributed by atoms with Gasteiger partial charge in [0.1, 0.15) is 11.0 Å². The van der Waals surface area contributed by atoms with Gasteiger partial charge in [0, 0.05) is 5.56 Å². The lowest BCUT2D eigenvalue weighted by molar-refractivity contribution is -0.138. The summed E-state index contributed by atoms with van der Waals surface area (Å²) in [4.78, 5) is 35.1. The van der Waals surface area contributed by atoms with Crippen molar-refractivity contribution in [1.82, 2.24) is 5.32 Å². The molecule has 1 amide bonds. The van der Waals surface area contributed by atoms with Crippen LogP contribution >= 0.6 is 23.4 Å². The topological polar surface area (TPSA) is 136 Å². The van der Waals surface area contributed by atoms with Crippen LogP contribution in [0.1, 0.15) is 29.3 Å². The number of hydrogen-bond acceptors (Lipinski definition) is 9. The van der Waals surface area contributed by atoms with Crippen molar-refractivity contribution in [1.29, 1.82) is 0 Å². The Morgan fingerprint density at radius 3 is 2.65 bits per heavy atom. The zero-order chi connectivity index (χ0) is 24.7. The third-order valence-corrected chi connectivity index (χ3v) is 5.70. The Morgan fingerprint density at radius 2 is 2.00 bits per heavy atom. The Labute approximate surface area is 203 Å². The Morgan fingerprint density at radius 1 is 1.26 bits per heavy atom. The lowest BCUT2D eigenvalue weighted by atomic mass is 10.2. The molecule has 3 rings (SSSR count). The van der Waals surface area contributed by atoms with Gasteiger partial charge in [-0.25, -0.2) is 4.79 Å². The van der Waals surface area contributed by atoms with Crippen LogP contribution in [0.4, 0.5) is 0 Å². The third kappa shape index (κ3) is 6.49. The number of carboxylic acid groups (broad SMARTS) is 1. The average molecular weight is 506 g/mol. The number of nitrogens with zero attached hydrogens (tertiary/aromatic N) is 2. The van der Waals surface area contributed by atoms with Gasteiger partial charge in [0.15, 0.2) is 16.7 Å². The molecule has 0 saturated carbocycles. The molecule has 178 valence electrons. The Hall–Kier alpha value is -3.57. The molecule has 1 saturated heterocycles. The van der Waals surface area contributed by atoms with Crippen LogP contribution in [-0.4, -0.2) is 53.3 Å². The molecule has 0 aliphatic carbocycles. The lowest BCUT2D eigenvalue weighted by Gasteiger charge is -2.13. The predicted octanol–water partition coefficient (Wildman–Crippen LogP) is 3.36. The summed E-state index contributed by atoms with van der Waals surface area (Å²) in [6.45, 7) is 2.06. The van der Waals surface area contributed by atoms with Crippen molar-refractivity contribution >= 4 is 52.6 Å². The zero-order valence-electron chi connectivity index (χ0n) is 18.1. The maximum atomic E-state index is 12.6. The first-order chi connectivity index (χ1) is 16.3. The minimum absolute atomic E-state index is 0.0583. The van der Waals surface area contributed by atoms with Crippen LogP contribution in [0.2, 0.25) is 5.02 Å². The highest BCUT2D eigenvalue weighted by Crippen LogP contribution is 2.37. The van der Waals surface area contributed by atoms with E-state index in [0.717, 1.165) is 11.8 Å². The molecule has 0 unspecified atom stereocenters. The van der Waals surface area contributed by atoms with Gasteiger partial charge in [0.25, 0.3) is 0 Å². The normalized spacial score (nSPS) is 16.5. The highest BCUT2D eigenvalue weighted by atomic mass is 35.5. The second kappa shape index (κ2) is 11.5. The molecule has 0 bridgehead atoms. The summed E-state index contributed by atoms with van der Waals surface area (Å²) in [5, 5.41) is 18.7. The van der Waals surface area contributed by atoms with E-state index in [-0.39, 0.29) is 28.1 Å². The molecule has 2 aromatic carbocycles. The SMILES string of the molecule is CCOc1cc(/C=N\N=C2\NC(=O)[C@H](CC(=O)O)S2)cc(Cl)c1OC(=O)c1ccc(OC)cc1. The molecule has 1 atom stereocenters. The second-order valence-electron chi connectivity index (χ2n) is 6.72. The molecule has 12 heteroatoms. The number of rotatable bonds is 9. The first kappa shape index (κ1) is 25.1. The fourth-order valence-electron chi connectivity index (χ4n) is 2.80. The van der Waals surface area contributed by atoms with Crippen LogP contribution in [0.3, 0.4) is 0 Å². The van der Waals surface area contributed by atoms with Crippen LogP contribution in [0.25, 0.3) is 0 Å². The fourth-order valence-corrected chi connectivity index (χ4v) is 3.97. The summed E-state index contributed by atoms with van der Waals surface area (Å²) in [7, 11) is 1.52. The molecule has 1 aliphatic heterocycles. The molecule has 34 heavy (non-hydrogen) atoms. The summed E-state index contributed by atoms with van der Waals surface area (Å²) in [5.41, 5.74) is 0.802. The maximum Gasteiger partial charge on any atom is 0.343 e. The van der Waals surface area contributed by atoms with Gasteiger partial charge in [-0.1, -0.05) is 23.4 Å². The smallest absolute Gasteiger partial charge is 0.343 e. The highest BCUT2D eigenvalue weighted by Gasteiger charge is 2.32. The van der Waals surface area contributed by atoms with E-state index in [1.165, 1.54) is 19.4 Å². The number of amides is 1. The standard InChI is InChI=1S/C22H20ClN3O7S/c1-3-32-16-9-12(11-24-26-22-25-20(29)17(34-22)10-18(27)28)8-15(23)19(16)33-21(30)13-4-6-14(31-2)7-5-13/h4-9,11,17H,3,10H2,1-2H3,(H,27,28)(H,25,26,29)/b24-11-/t17-/m0/s1. The van der Waals surface area contributed by atoms with Crippen molar-refractivity contribution in [3.8, 4) is 17.2 Å². The van der Waals surface area contributed by atoms with Gasteiger partial charge < -0.3 is 24.6 Å². The summed E-state index contributed by atoms with van der Waals surface area (Å²) in [6.07, 6.45) is 1.05. The Balaban J connectivity index is 1.76. The average Bonchev–Trinajstić information content (AvgIpc) is 3.14. The molecule has 1 fully saturated rings. The van der Waals surface area contributed by atoms with E-state index in [9.17, 15) is 14.4 Å². The minimum atomic E-state index is -1.08. The summed E-state index contributed by atoms with van der Waals surface area (Å²) < 4.78 is 16.1. The molecular formula is C22H20ClN3O7S. The maximum absolute atomic E-state index is 12.6. The molecular weight excluding hydrogens is 486 g/mol. The van der Waals surface area contributed by atoms with Gasteiger partial charge >= 0.3 is 11.9 Å². The van der Waals surface area contributed by atoms with Crippen molar-refractivity contribution in [3.63, 3.8) is 0 Å². The van der Waals surface area contributed by atoms with Crippen molar-refractivity contribution in [2.24, 2.45) is 10.2 Å². The monoisotopic (exact) mass is 505 g/mol. The van der Waals surface area contributed by atoms with Gasteiger partial charge in [-0.15, -0.1) is 5.10 Å². The molecule has 1 heterocycles. The van der Waals surface area contributed by atoms with Crippen LogP contribution in [-0.2, 0) is 9.59 Å². The largest absolute Gasteiger partial charge is 0.497 e. The van der Waals surface area contributed by atoms with Crippen LogP contribution in [0, 0.1) is 0 Å². The number of nitrogens with one attached hydrogen (secondary N) is 1. The number of amidine groups is 1. The molecule has 2 N–H and O–H groups in total. The minimum Gasteiger partial charge on any atom is -0.497 e. The first-order valence-electron chi connectivity index (χ1n) is 9.93. The molecule has 0 radical (unpaired) electrons. The lowest BCUT2D eigenvalue weighted by Crippen LogP contribution is -2.26. The van der Waals surface area contributed by atoms with Crippen molar-refractivity contribution in [3.05, 3.63) is 52.5 Å². The fraction of sp³-hybridized carbons (Fsp3) is 0.227. The number of thioether (sulfide) groups is 1. The molecule has 10 nitrogen and oxygen atoms in total. The second-order valence-corrected chi connectivity index (χ2v) is 8.32. The van der Waals surface area contributed by atoms with Crippen LogP contribution in [0.5, 0.6) is 17.2 Å². The van der Waals surface area contributed by atoms with Crippen molar-refractivity contribution in [2.75, 3.05) is 13.7 Å². The van der Waals surface area contributed by atoms with E-state index in [1.807, 2.05) is 0 Å². The van der Waals surface area contributed by atoms with E-state index in [4.69, 9.17) is 30.9 Å². The van der Waals surface area contributed by atoms with Gasteiger partial charge in [0.2, 0.25) is 5.91 Å². The number of carbonyl (C=O) groups excluding carboxylic acids is 2. The number of aliphatic carboxylic acids is 1. The van der Waals surface area contributed by atoms with Crippen LogP contribution in [0.15, 0.2) is 46.6 Å². The number of carboxylic acids is 1. The number of hydrogen-bond donors (Lipinski definition) is 2. The number of methoxy groups -OCH3 is 1. The molecule has 2 aromatic rings. The Bertz CT molecular complexity index is 1150. The molecule has 1 aliphatic rings. The van der Waals surface area contributed by atoms with Gasteiger partial charge in [-0.3, -0.25) is 9.59 Å². The number of esters is 1. The van der Waals surface area contributed by atoms with E-state index in [1.54, 1.807) is 37.3 Å². The number of halogens is 1. The van der Waals surface area contributed by atoms with E-state index >= 15 is 0 Å². The third-order valence-electron chi connectivity index (χ3n) is 4.34. The first-order valence-corrected chi connectivity index (χ1v) is 11.2. The quantitative estimate of drug-likeness (QED) is 0.229. The van der Waals surface area contributed by atoms with E-state index < -0.39 is 23.1 Å². The number of benzene rings is 2. The summed E-state index contributed by atoms with van der Waals surface area (Å²) in [5.74, 6) is -1.25. The van der Waals surface area contributed by atoms with Gasteiger partial charge in [-0.2, -0.15) is 5.10 Å². The summed E-state index contributed by atoms with van der Waals surface area (Å²) in [6, 6.07) is 9.49. The highest BCUT2D eigenvalue weighted by molar-refractivity contribution is 8.15. The number of ether oxygens (including phenoxy) is 3. The van der Waals surface area contributed by atoms with Crippen molar-refractivity contribution in [2.45, 2.75) is 18.6 Å². The molecule has 0 aromatic heterocycles. The van der Waals surface area contributed by atoms with Crippen LogP contribution < -0.4 is 19.5 Å². The van der Waals surface area contributed by atoms with E-state index in [2.05, 4.69) is 15.5 Å². The number of carbonyl (C=O) groups is 3. The Kier molecular flexibility index (Phi) is 8.50.